The van der Waals surface area contributed by atoms with Gasteiger partial charge in [-0.15, -0.1) is 0 Å². The van der Waals surface area contributed by atoms with Crippen molar-refractivity contribution >= 4 is 11.6 Å². The molecular formula is C20H26O4. The lowest BCUT2D eigenvalue weighted by Gasteiger charge is -2.53. The van der Waals surface area contributed by atoms with E-state index >= 15 is 0 Å². The fourth-order valence-corrected chi connectivity index (χ4v) is 5.25. The highest BCUT2D eigenvalue weighted by Gasteiger charge is 2.57. The number of hydrogen-bond donors (Lipinski definition) is 2. The monoisotopic (exact) mass is 330 g/mol. The summed E-state index contributed by atoms with van der Waals surface area (Å²) in [7, 11) is 0. The molecule has 0 radical (unpaired) electrons. The number of aliphatic hydroxyl groups excluding tert-OH is 2. The van der Waals surface area contributed by atoms with Crippen LogP contribution in [0, 0.1) is 22.7 Å². The maximum atomic E-state index is 12.9. The van der Waals surface area contributed by atoms with Gasteiger partial charge in [-0.25, -0.2) is 0 Å². The van der Waals surface area contributed by atoms with Crippen LogP contribution in [0.15, 0.2) is 34.3 Å². The van der Waals surface area contributed by atoms with Gasteiger partial charge in [-0.2, -0.15) is 0 Å². The summed E-state index contributed by atoms with van der Waals surface area (Å²) < 4.78 is 0. The highest BCUT2D eigenvalue weighted by atomic mass is 16.3. The van der Waals surface area contributed by atoms with Gasteiger partial charge in [-0.3, -0.25) is 9.59 Å². The zero-order valence-corrected chi connectivity index (χ0v) is 15.1. The Balaban J connectivity index is 2.30. The minimum absolute atomic E-state index is 0.0160. The number of Topliss-reactive ketones (excluding diaryl/α,β-unsaturated/α-hetero) is 1. The molecule has 24 heavy (non-hydrogen) atoms. The first-order valence-electron chi connectivity index (χ1n) is 8.70. The number of allylic oxidation sites excluding steroid dienone is 3. The van der Waals surface area contributed by atoms with Gasteiger partial charge in [0, 0.05) is 28.1 Å². The highest BCUT2D eigenvalue weighted by molar-refractivity contribution is 6.12. The lowest BCUT2D eigenvalue weighted by atomic mass is 9.49. The normalized spacial score (nSPS) is 32.8. The fraction of sp³-hybridized carbons (Fsp3) is 0.600. The molecule has 1 fully saturated rings. The van der Waals surface area contributed by atoms with E-state index in [1.54, 1.807) is 13.8 Å². The standard InChI is InChI=1S/C20H26O4/c1-10(2)13-15(22)11-9-12(21)18-19(3,4)7-6-8-20(18,5)14(11)17(24)16(13)23/h9-10,18,22,24H,6-8H2,1-5H3/t18-,20+/m0/s1. The molecule has 1 saturated carbocycles. The molecule has 0 amide bonds. The van der Waals surface area contributed by atoms with E-state index < -0.39 is 11.2 Å². The summed E-state index contributed by atoms with van der Waals surface area (Å²) in [5, 5.41) is 21.4. The molecule has 0 bridgehead atoms. The first-order valence-corrected chi connectivity index (χ1v) is 8.70. The lowest BCUT2D eigenvalue weighted by Crippen LogP contribution is -2.51. The molecule has 0 aromatic heterocycles. The average Bonchev–Trinajstić information content (AvgIpc) is 2.42. The number of hydrogen-bond acceptors (Lipinski definition) is 4. The van der Waals surface area contributed by atoms with Crippen molar-refractivity contribution < 1.29 is 19.8 Å². The van der Waals surface area contributed by atoms with Crippen molar-refractivity contribution in [2.24, 2.45) is 22.7 Å². The first kappa shape index (κ1) is 17.0. The van der Waals surface area contributed by atoms with Gasteiger partial charge in [0.1, 0.15) is 5.76 Å². The Hall–Kier alpha value is -1.84. The second-order valence-electron chi connectivity index (χ2n) is 8.62. The Morgan fingerprint density at radius 2 is 1.71 bits per heavy atom. The second-order valence-corrected chi connectivity index (χ2v) is 8.62. The van der Waals surface area contributed by atoms with Gasteiger partial charge in [0.15, 0.2) is 11.5 Å². The second kappa shape index (κ2) is 5.08. The third-order valence-electron chi connectivity index (χ3n) is 6.13. The van der Waals surface area contributed by atoms with Crippen molar-refractivity contribution in [3.05, 3.63) is 34.3 Å². The molecule has 0 unspecified atom stereocenters. The maximum Gasteiger partial charge on any atom is 0.227 e. The predicted octanol–water partition coefficient (Wildman–Crippen LogP) is 4.19. The number of carbonyl (C=O) groups excluding carboxylic acids is 2. The number of rotatable bonds is 1. The molecule has 0 aliphatic heterocycles. The minimum Gasteiger partial charge on any atom is -0.507 e. The Morgan fingerprint density at radius 3 is 2.29 bits per heavy atom. The van der Waals surface area contributed by atoms with Crippen molar-refractivity contribution in [1.82, 2.24) is 0 Å². The van der Waals surface area contributed by atoms with Crippen molar-refractivity contribution in [2.75, 3.05) is 0 Å². The lowest BCUT2D eigenvalue weighted by molar-refractivity contribution is -0.130. The SMILES string of the molecule is CC(C)C1=C(O)C2=CC(=O)[C@H]3C(C)(C)CCC[C@]3(C)C2=C(O)C1=O. The zero-order chi connectivity index (χ0) is 18.0. The summed E-state index contributed by atoms with van der Waals surface area (Å²) in [6.45, 7) is 9.69. The van der Waals surface area contributed by atoms with E-state index in [4.69, 9.17) is 0 Å². The molecular weight excluding hydrogens is 304 g/mol. The van der Waals surface area contributed by atoms with Crippen LogP contribution in [0.3, 0.4) is 0 Å². The summed E-state index contributed by atoms with van der Waals surface area (Å²) in [4.78, 5) is 25.6. The summed E-state index contributed by atoms with van der Waals surface area (Å²) in [5.74, 6) is -1.48. The smallest absolute Gasteiger partial charge is 0.227 e. The van der Waals surface area contributed by atoms with Crippen LogP contribution in [-0.4, -0.2) is 21.8 Å². The van der Waals surface area contributed by atoms with Crippen LogP contribution in [0.4, 0.5) is 0 Å². The van der Waals surface area contributed by atoms with Crippen LogP contribution in [0.2, 0.25) is 0 Å². The van der Waals surface area contributed by atoms with Gasteiger partial charge in [-0.05, 0) is 30.3 Å². The fourth-order valence-electron chi connectivity index (χ4n) is 5.25. The minimum atomic E-state index is -0.626. The molecule has 130 valence electrons. The Morgan fingerprint density at radius 1 is 1.08 bits per heavy atom. The molecule has 3 aliphatic rings. The van der Waals surface area contributed by atoms with Gasteiger partial charge in [-0.1, -0.05) is 41.0 Å². The van der Waals surface area contributed by atoms with Crippen LogP contribution in [-0.2, 0) is 9.59 Å². The third kappa shape index (κ3) is 2.04. The van der Waals surface area contributed by atoms with E-state index in [1.165, 1.54) is 6.08 Å². The summed E-state index contributed by atoms with van der Waals surface area (Å²) in [6.07, 6.45) is 4.02. The van der Waals surface area contributed by atoms with Gasteiger partial charge in [0.2, 0.25) is 5.78 Å². The molecule has 4 heteroatoms. The van der Waals surface area contributed by atoms with Gasteiger partial charge >= 0.3 is 0 Å². The van der Waals surface area contributed by atoms with Crippen LogP contribution in [0.1, 0.15) is 53.9 Å². The van der Waals surface area contributed by atoms with Crippen LogP contribution >= 0.6 is 0 Å². The maximum absolute atomic E-state index is 12.9. The zero-order valence-electron chi connectivity index (χ0n) is 15.1. The van der Waals surface area contributed by atoms with E-state index in [-0.39, 0.29) is 40.1 Å². The Kier molecular flexibility index (Phi) is 3.60. The molecule has 0 saturated heterocycles. The number of fused-ring (bicyclic) bond motifs is 3. The Bertz CT molecular complexity index is 733. The Labute approximate surface area is 142 Å². The van der Waals surface area contributed by atoms with Crippen LogP contribution < -0.4 is 0 Å². The summed E-state index contributed by atoms with van der Waals surface area (Å²) >= 11 is 0. The first-order chi connectivity index (χ1) is 11.0. The molecule has 0 aromatic carbocycles. The van der Waals surface area contributed by atoms with Crippen molar-refractivity contribution in [1.29, 1.82) is 0 Å². The average molecular weight is 330 g/mol. The van der Waals surface area contributed by atoms with Crippen molar-refractivity contribution in [3.63, 3.8) is 0 Å². The van der Waals surface area contributed by atoms with Gasteiger partial charge < -0.3 is 10.2 Å². The van der Waals surface area contributed by atoms with E-state index in [9.17, 15) is 19.8 Å². The quantitative estimate of drug-likeness (QED) is 0.756. The molecule has 2 atom stereocenters. The van der Waals surface area contributed by atoms with Crippen molar-refractivity contribution in [3.8, 4) is 0 Å². The van der Waals surface area contributed by atoms with E-state index in [0.29, 0.717) is 11.1 Å². The molecule has 0 heterocycles. The molecule has 2 N–H and O–H groups in total. The van der Waals surface area contributed by atoms with Gasteiger partial charge in [0.25, 0.3) is 0 Å². The molecule has 3 rings (SSSR count). The molecule has 0 spiro atoms. The van der Waals surface area contributed by atoms with Crippen LogP contribution in [0.5, 0.6) is 0 Å². The summed E-state index contributed by atoms with van der Waals surface area (Å²) in [6, 6.07) is 0. The van der Waals surface area contributed by atoms with E-state index in [2.05, 4.69) is 13.8 Å². The number of aliphatic hydroxyl groups is 2. The van der Waals surface area contributed by atoms with Crippen LogP contribution in [0.25, 0.3) is 0 Å². The van der Waals surface area contributed by atoms with E-state index in [0.717, 1.165) is 19.3 Å². The molecule has 4 nitrogen and oxygen atoms in total. The van der Waals surface area contributed by atoms with Crippen molar-refractivity contribution in [2.45, 2.75) is 53.9 Å². The molecule has 3 aliphatic carbocycles. The van der Waals surface area contributed by atoms with Gasteiger partial charge in [0.05, 0.1) is 0 Å². The topological polar surface area (TPSA) is 74.6 Å². The van der Waals surface area contributed by atoms with E-state index in [1.807, 2.05) is 6.92 Å². The molecule has 0 aromatic rings. The number of carbonyl (C=O) groups is 2. The largest absolute Gasteiger partial charge is 0.507 e. The number of ketones is 2. The third-order valence-corrected chi connectivity index (χ3v) is 6.13. The summed E-state index contributed by atoms with van der Waals surface area (Å²) in [5.41, 5.74) is 0.163. The predicted molar refractivity (Wildman–Crippen MR) is 91.5 cm³/mol. The highest BCUT2D eigenvalue weighted by Crippen LogP contribution is 2.60.